The van der Waals surface area contributed by atoms with Gasteiger partial charge < -0.3 is 9.64 Å². The Morgan fingerprint density at radius 3 is 2.24 bits per heavy atom. The number of benzene rings is 1. The summed E-state index contributed by atoms with van der Waals surface area (Å²) in [5, 5.41) is 0. The van der Waals surface area contributed by atoms with E-state index < -0.39 is 30.3 Å². The smallest absolute Gasteiger partial charge is 0.304 e. The van der Waals surface area contributed by atoms with E-state index in [1.54, 1.807) is 18.2 Å². The molecule has 2 fully saturated rings. The molecule has 1 aromatic carbocycles. The summed E-state index contributed by atoms with van der Waals surface area (Å²) in [5.41, 5.74) is -1.04. The number of likely N-dealkylation sites (tertiary alicyclic amines) is 1. The second kappa shape index (κ2) is 6.21. The van der Waals surface area contributed by atoms with Crippen molar-refractivity contribution in [2.75, 3.05) is 31.1 Å². The number of carbonyl (C=O) groups is 1. The van der Waals surface area contributed by atoms with Crippen LogP contribution in [0.2, 0.25) is 0 Å². The van der Waals surface area contributed by atoms with Gasteiger partial charge in [0.1, 0.15) is 0 Å². The van der Waals surface area contributed by atoms with Crippen LogP contribution in [0.5, 0.6) is 0 Å². The predicted molar refractivity (Wildman–Crippen MR) is 79.3 cm³/mol. The van der Waals surface area contributed by atoms with Crippen molar-refractivity contribution in [2.24, 2.45) is 0 Å². The first-order valence-electron chi connectivity index (χ1n) is 7.84. The lowest BCUT2D eigenvalue weighted by atomic mass is 9.88. The average Bonchev–Trinajstić information content (AvgIpc) is 2.53. The van der Waals surface area contributed by atoms with Crippen molar-refractivity contribution in [1.82, 2.24) is 4.90 Å². The van der Waals surface area contributed by atoms with Crippen molar-refractivity contribution in [3.63, 3.8) is 0 Å². The van der Waals surface area contributed by atoms with Gasteiger partial charge in [-0.25, -0.2) is 0 Å². The maximum atomic E-state index is 14.1. The molecular formula is C16H17F5N2O2. The van der Waals surface area contributed by atoms with Gasteiger partial charge in [-0.3, -0.25) is 9.69 Å². The van der Waals surface area contributed by atoms with Gasteiger partial charge in [-0.2, -0.15) is 22.0 Å². The maximum absolute atomic E-state index is 14.1. The van der Waals surface area contributed by atoms with Crippen molar-refractivity contribution in [2.45, 2.75) is 30.7 Å². The lowest BCUT2D eigenvalue weighted by Crippen LogP contribution is -2.65. The van der Waals surface area contributed by atoms with Gasteiger partial charge in [-0.15, -0.1) is 0 Å². The molecule has 4 nitrogen and oxygen atoms in total. The fourth-order valence-electron chi connectivity index (χ4n) is 3.31. The van der Waals surface area contributed by atoms with E-state index in [2.05, 4.69) is 0 Å². The van der Waals surface area contributed by atoms with Gasteiger partial charge in [-0.1, -0.05) is 18.2 Å². The molecule has 2 aliphatic heterocycles. The number of rotatable bonds is 2. The number of para-hydroxylation sites is 1. The van der Waals surface area contributed by atoms with E-state index in [1.165, 1.54) is 12.1 Å². The summed E-state index contributed by atoms with van der Waals surface area (Å²) in [5.74, 6) is -1.46. The maximum Gasteiger partial charge on any atom is 0.437 e. The van der Waals surface area contributed by atoms with Crippen LogP contribution in [0, 0.1) is 0 Å². The van der Waals surface area contributed by atoms with Crippen molar-refractivity contribution >= 4 is 11.6 Å². The van der Waals surface area contributed by atoms with Crippen molar-refractivity contribution < 1.29 is 31.5 Å². The molecule has 25 heavy (non-hydrogen) atoms. The molecule has 9 heteroatoms. The normalized spacial score (nSPS) is 23.9. The van der Waals surface area contributed by atoms with Crippen LogP contribution in [0.1, 0.15) is 12.8 Å². The second-order valence-electron chi connectivity index (χ2n) is 6.42. The number of halogens is 5. The number of ether oxygens (including phenoxy) is 1. The first kappa shape index (κ1) is 18.1. The van der Waals surface area contributed by atoms with E-state index in [-0.39, 0.29) is 32.5 Å². The van der Waals surface area contributed by atoms with E-state index in [0.29, 0.717) is 5.69 Å². The molecule has 0 atom stereocenters. The second-order valence-corrected chi connectivity index (χ2v) is 6.42. The summed E-state index contributed by atoms with van der Waals surface area (Å²) in [4.78, 5) is 14.1. The largest absolute Gasteiger partial charge is 0.437 e. The number of carbonyl (C=O) groups excluding carboxylic acids is 1. The monoisotopic (exact) mass is 364 g/mol. The lowest BCUT2D eigenvalue weighted by Gasteiger charge is -2.48. The summed E-state index contributed by atoms with van der Waals surface area (Å²) >= 11 is 0. The Morgan fingerprint density at radius 2 is 1.68 bits per heavy atom. The topological polar surface area (TPSA) is 32.8 Å². The molecule has 0 N–H and O–H groups in total. The molecule has 0 bridgehead atoms. The predicted octanol–water partition coefficient (Wildman–Crippen LogP) is 3.04. The highest BCUT2D eigenvalue weighted by Crippen LogP contribution is 2.40. The third-order valence-electron chi connectivity index (χ3n) is 4.52. The number of morpholine rings is 1. The molecular weight excluding hydrogens is 347 g/mol. The van der Waals surface area contributed by atoms with Crippen LogP contribution in [0.25, 0.3) is 0 Å². The number of amides is 1. The van der Waals surface area contributed by atoms with E-state index in [9.17, 15) is 26.7 Å². The molecule has 2 saturated heterocycles. The summed E-state index contributed by atoms with van der Waals surface area (Å²) in [6.45, 7) is -1.23. The number of hydrogen-bond donors (Lipinski definition) is 0. The van der Waals surface area contributed by atoms with Gasteiger partial charge in [0.2, 0.25) is 0 Å². The van der Waals surface area contributed by atoms with Gasteiger partial charge in [-0.05, 0) is 25.0 Å². The van der Waals surface area contributed by atoms with Gasteiger partial charge in [0, 0.05) is 18.8 Å². The Kier molecular flexibility index (Phi) is 4.48. The molecule has 0 aliphatic carbocycles. The van der Waals surface area contributed by atoms with Crippen LogP contribution in [0.4, 0.5) is 27.6 Å². The van der Waals surface area contributed by atoms with Gasteiger partial charge in [0.15, 0.2) is 0 Å². The zero-order chi connectivity index (χ0) is 18.3. The summed E-state index contributed by atoms with van der Waals surface area (Å²) in [7, 11) is 0. The van der Waals surface area contributed by atoms with Crippen LogP contribution in [0.15, 0.2) is 30.3 Å². The number of hydrogen-bond acceptors (Lipinski definition) is 3. The number of piperidine rings is 1. The first-order chi connectivity index (χ1) is 11.6. The summed E-state index contributed by atoms with van der Waals surface area (Å²) < 4.78 is 70.5. The third kappa shape index (κ3) is 3.92. The summed E-state index contributed by atoms with van der Waals surface area (Å²) in [6.07, 6.45) is -8.35. The molecule has 0 aromatic heterocycles. The molecule has 2 aliphatic rings. The number of alkyl halides is 5. The van der Waals surface area contributed by atoms with Crippen LogP contribution in [0.3, 0.4) is 0 Å². The van der Waals surface area contributed by atoms with E-state index in [1.807, 2.05) is 0 Å². The van der Waals surface area contributed by atoms with Crippen LogP contribution >= 0.6 is 0 Å². The fraction of sp³-hybridized carbons (Fsp3) is 0.562. The van der Waals surface area contributed by atoms with Crippen LogP contribution < -0.4 is 4.90 Å². The highest BCUT2D eigenvalue weighted by Gasteiger charge is 2.57. The van der Waals surface area contributed by atoms with E-state index in [4.69, 9.17) is 4.74 Å². The van der Waals surface area contributed by atoms with Crippen LogP contribution in [-0.2, 0) is 9.53 Å². The van der Waals surface area contributed by atoms with Crippen molar-refractivity contribution in [3.05, 3.63) is 30.3 Å². The zero-order valence-electron chi connectivity index (χ0n) is 13.2. The summed E-state index contributed by atoms with van der Waals surface area (Å²) in [6, 6.07) is 8.00. The molecule has 1 spiro atoms. The number of nitrogens with zero attached hydrogens (tertiary/aromatic N) is 2. The number of anilines is 1. The fourth-order valence-corrected chi connectivity index (χ4v) is 3.31. The highest BCUT2D eigenvalue weighted by molar-refractivity contribution is 5.98. The third-order valence-corrected chi connectivity index (χ3v) is 4.52. The Labute approximate surface area is 141 Å². The van der Waals surface area contributed by atoms with Gasteiger partial charge in [0.05, 0.1) is 18.7 Å². The van der Waals surface area contributed by atoms with Gasteiger partial charge in [0.25, 0.3) is 0 Å². The molecule has 0 saturated carbocycles. The molecule has 2 heterocycles. The van der Waals surface area contributed by atoms with E-state index >= 15 is 0 Å². The average molecular weight is 364 g/mol. The van der Waals surface area contributed by atoms with E-state index in [0.717, 1.165) is 9.80 Å². The first-order valence-corrected chi connectivity index (χ1v) is 7.84. The molecule has 1 amide bonds. The molecule has 138 valence electrons. The highest BCUT2D eigenvalue weighted by atomic mass is 19.4. The molecule has 1 aromatic rings. The molecule has 3 rings (SSSR count). The van der Waals surface area contributed by atoms with Crippen molar-refractivity contribution in [3.8, 4) is 0 Å². The lowest BCUT2D eigenvalue weighted by molar-refractivity contribution is -0.294. The SMILES string of the molecule is O=C1N(c2ccccc2)CC2(CCN(CC(F)(F)F)CC2)OC1(F)F. The Morgan fingerprint density at radius 1 is 1.08 bits per heavy atom. The standard InChI is InChI=1S/C16H17F5N2O2/c17-15(18,19)11-22-8-6-14(7-9-22)10-23(12-4-2-1-3-5-12)13(24)16(20,21)25-14/h1-5H,6-11H2. The molecule has 0 radical (unpaired) electrons. The minimum Gasteiger partial charge on any atom is -0.304 e. The van der Waals surface area contributed by atoms with Gasteiger partial charge >= 0.3 is 18.2 Å². The quantitative estimate of drug-likeness (QED) is 0.757. The van der Waals surface area contributed by atoms with Crippen molar-refractivity contribution in [1.29, 1.82) is 0 Å². The Bertz CT molecular complexity index is 627. The molecule has 0 unspecified atom stereocenters. The Hall–Kier alpha value is -1.74. The minimum atomic E-state index is -4.34. The minimum absolute atomic E-state index is 0.00468. The zero-order valence-corrected chi connectivity index (χ0v) is 13.2. The Balaban J connectivity index is 1.78. The van der Waals surface area contributed by atoms with Crippen LogP contribution in [-0.4, -0.2) is 54.9 Å².